The van der Waals surface area contributed by atoms with Gasteiger partial charge in [0.15, 0.2) is 0 Å². The fraction of sp³-hybridized carbons (Fsp3) is 0.158. The zero-order chi connectivity index (χ0) is 21.0. The van der Waals surface area contributed by atoms with Gasteiger partial charge in [0.2, 0.25) is 5.91 Å². The lowest BCUT2D eigenvalue weighted by Gasteiger charge is -2.21. The van der Waals surface area contributed by atoms with E-state index in [2.05, 4.69) is 5.32 Å². The average Bonchev–Trinajstić information content (AvgIpc) is 3.35. The highest BCUT2D eigenvalue weighted by molar-refractivity contribution is 7.12. The second-order valence-electron chi connectivity index (χ2n) is 5.96. The lowest BCUT2D eigenvalue weighted by atomic mass is 10.2. The number of carbonyl (C=O) groups excluding carboxylic acids is 2. The largest absolute Gasteiger partial charge is 0.467 e. The molecular weight excluding hydrogens is 429 g/mol. The van der Waals surface area contributed by atoms with Gasteiger partial charge in [-0.1, -0.05) is 17.7 Å². The zero-order valence-corrected chi connectivity index (χ0v) is 16.3. The number of thiophene rings is 1. The maximum absolute atomic E-state index is 13.0. The van der Waals surface area contributed by atoms with Crippen LogP contribution in [0.5, 0.6) is 0 Å². The molecule has 0 spiro atoms. The second kappa shape index (κ2) is 8.71. The first-order chi connectivity index (χ1) is 13.7. The normalized spacial score (nSPS) is 11.3. The number of hydrogen-bond acceptors (Lipinski definition) is 4. The van der Waals surface area contributed by atoms with E-state index < -0.39 is 28.6 Å². The van der Waals surface area contributed by atoms with Crippen LogP contribution in [0.25, 0.3) is 0 Å². The minimum Gasteiger partial charge on any atom is -0.467 e. The van der Waals surface area contributed by atoms with Crippen LogP contribution >= 0.6 is 22.9 Å². The topological polar surface area (TPSA) is 62.6 Å². The van der Waals surface area contributed by atoms with Crippen molar-refractivity contribution >= 4 is 40.4 Å². The maximum Gasteiger partial charge on any atom is 0.417 e. The summed E-state index contributed by atoms with van der Waals surface area (Å²) in [6.45, 7) is -0.340. The number of halogens is 4. The number of carbonyl (C=O) groups is 2. The first-order valence-electron chi connectivity index (χ1n) is 8.26. The third-order valence-electron chi connectivity index (χ3n) is 3.84. The molecule has 0 aliphatic heterocycles. The van der Waals surface area contributed by atoms with Crippen molar-refractivity contribution in [3.8, 4) is 0 Å². The van der Waals surface area contributed by atoms with E-state index in [0.717, 1.165) is 12.1 Å². The van der Waals surface area contributed by atoms with Crippen LogP contribution in [0.3, 0.4) is 0 Å². The van der Waals surface area contributed by atoms with E-state index >= 15 is 0 Å². The Kier molecular flexibility index (Phi) is 6.29. The van der Waals surface area contributed by atoms with Gasteiger partial charge >= 0.3 is 6.18 Å². The molecule has 2 aromatic heterocycles. The van der Waals surface area contributed by atoms with Crippen LogP contribution in [0.4, 0.5) is 18.9 Å². The summed E-state index contributed by atoms with van der Waals surface area (Å²) in [4.78, 5) is 26.8. The zero-order valence-electron chi connectivity index (χ0n) is 14.7. The molecule has 0 aliphatic carbocycles. The first kappa shape index (κ1) is 20.9. The van der Waals surface area contributed by atoms with E-state index in [4.69, 9.17) is 16.0 Å². The Hall–Kier alpha value is -2.78. The third-order valence-corrected chi connectivity index (χ3v) is 5.02. The standard InChI is InChI=1S/C19H14ClF3N2O3S/c20-15-6-5-12(9-14(15)19(21,22)23)24-17(26)11-25(10-13-3-1-7-28-13)18(27)16-4-2-8-29-16/h1-9H,10-11H2,(H,24,26). The Morgan fingerprint density at radius 2 is 1.97 bits per heavy atom. The number of amides is 2. The molecule has 1 N–H and O–H groups in total. The fourth-order valence-corrected chi connectivity index (χ4v) is 3.46. The van der Waals surface area contributed by atoms with Gasteiger partial charge in [0, 0.05) is 5.69 Å². The summed E-state index contributed by atoms with van der Waals surface area (Å²) in [6.07, 6.45) is -3.21. The molecular formula is C19H14ClF3N2O3S. The molecule has 0 saturated heterocycles. The predicted octanol–water partition coefficient (Wildman–Crippen LogP) is 5.29. The molecule has 0 atom stereocenters. The molecule has 0 saturated carbocycles. The highest BCUT2D eigenvalue weighted by Gasteiger charge is 2.33. The summed E-state index contributed by atoms with van der Waals surface area (Å²) in [7, 11) is 0. The van der Waals surface area contributed by atoms with Crippen LogP contribution in [0.1, 0.15) is 21.0 Å². The van der Waals surface area contributed by atoms with Gasteiger partial charge in [-0.2, -0.15) is 13.2 Å². The first-order valence-corrected chi connectivity index (χ1v) is 9.51. The van der Waals surface area contributed by atoms with Crippen molar-refractivity contribution in [1.29, 1.82) is 0 Å². The van der Waals surface area contributed by atoms with Crippen molar-refractivity contribution in [2.24, 2.45) is 0 Å². The van der Waals surface area contributed by atoms with Crippen LogP contribution in [0, 0.1) is 0 Å². The van der Waals surface area contributed by atoms with E-state index in [0.29, 0.717) is 10.6 Å². The lowest BCUT2D eigenvalue weighted by molar-refractivity contribution is -0.137. The van der Waals surface area contributed by atoms with Gasteiger partial charge in [0.25, 0.3) is 5.91 Å². The molecule has 3 aromatic rings. The monoisotopic (exact) mass is 442 g/mol. The summed E-state index contributed by atoms with van der Waals surface area (Å²) in [5.74, 6) is -0.580. The minimum absolute atomic E-state index is 0.0333. The fourth-order valence-electron chi connectivity index (χ4n) is 2.54. The van der Waals surface area contributed by atoms with Crippen molar-refractivity contribution in [3.05, 3.63) is 75.3 Å². The summed E-state index contributed by atoms with van der Waals surface area (Å²) < 4.78 is 44.2. The highest BCUT2D eigenvalue weighted by atomic mass is 35.5. The van der Waals surface area contributed by atoms with Crippen LogP contribution in [0.2, 0.25) is 5.02 Å². The van der Waals surface area contributed by atoms with Crippen molar-refractivity contribution in [2.45, 2.75) is 12.7 Å². The van der Waals surface area contributed by atoms with Gasteiger partial charge in [-0.05, 0) is 41.8 Å². The molecule has 0 fully saturated rings. The molecule has 0 unspecified atom stereocenters. The van der Waals surface area contributed by atoms with E-state index in [1.807, 2.05) is 0 Å². The van der Waals surface area contributed by atoms with Crippen LogP contribution in [-0.4, -0.2) is 23.3 Å². The molecule has 10 heteroatoms. The van der Waals surface area contributed by atoms with E-state index in [9.17, 15) is 22.8 Å². The minimum atomic E-state index is -4.65. The Balaban J connectivity index is 1.75. The Morgan fingerprint density at radius 3 is 2.59 bits per heavy atom. The number of rotatable bonds is 6. The van der Waals surface area contributed by atoms with Gasteiger partial charge in [-0.15, -0.1) is 11.3 Å². The summed E-state index contributed by atoms with van der Waals surface area (Å²) in [6, 6.07) is 9.68. The Morgan fingerprint density at radius 1 is 1.17 bits per heavy atom. The quantitative estimate of drug-likeness (QED) is 0.564. The van der Waals surface area contributed by atoms with Crippen LogP contribution < -0.4 is 5.32 Å². The van der Waals surface area contributed by atoms with Crippen LogP contribution in [0.15, 0.2) is 58.5 Å². The molecule has 1 aromatic carbocycles. The van der Waals surface area contributed by atoms with Gasteiger partial charge in [-0.25, -0.2) is 0 Å². The molecule has 5 nitrogen and oxygen atoms in total. The Labute approximate surface area is 172 Å². The molecule has 152 valence electrons. The molecule has 29 heavy (non-hydrogen) atoms. The number of hydrogen-bond donors (Lipinski definition) is 1. The number of furan rings is 1. The maximum atomic E-state index is 13.0. The predicted molar refractivity (Wildman–Crippen MR) is 103 cm³/mol. The molecule has 2 heterocycles. The second-order valence-corrected chi connectivity index (χ2v) is 7.31. The van der Waals surface area contributed by atoms with Crippen LogP contribution in [-0.2, 0) is 17.5 Å². The summed E-state index contributed by atoms with van der Waals surface area (Å²) in [5, 5.41) is 3.63. The van der Waals surface area contributed by atoms with Gasteiger partial charge in [0.05, 0.1) is 28.3 Å². The van der Waals surface area contributed by atoms with Gasteiger partial charge in [-0.3, -0.25) is 9.59 Å². The van der Waals surface area contributed by atoms with E-state index in [1.54, 1.807) is 29.6 Å². The van der Waals surface area contributed by atoms with Crippen molar-refractivity contribution in [2.75, 3.05) is 11.9 Å². The molecule has 0 bridgehead atoms. The highest BCUT2D eigenvalue weighted by Crippen LogP contribution is 2.36. The average molecular weight is 443 g/mol. The smallest absolute Gasteiger partial charge is 0.417 e. The summed E-state index contributed by atoms with van der Waals surface area (Å²) in [5.41, 5.74) is -1.13. The SMILES string of the molecule is O=C(CN(Cc1ccco1)C(=O)c1cccs1)Nc1ccc(Cl)c(C(F)(F)F)c1. The third kappa shape index (κ3) is 5.39. The van der Waals surface area contributed by atoms with Gasteiger partial charge < -0.3 is 14.6 Å². The van der Waals surface area contributed by atoms with E-state index in [1.165, 1.54) is 28.6 Å². The Bertz CT molecular complexity index is 989. The molecule has 0 radical (unpaired) electrons. The van der Waals surface area contributed by atoms with E-state index in [-0.39, 0.29) is 18.8 Å². The van der Waals surface area contributed by atoms with Gasteiger partial charge in [0.1, 0.15) is 12.3 Å². The number of alkyl halides is 3. The number of benzene rings is 1. The number of nitrogens with one attached hydrogen (secondary N) is 1. The van der Waals surface area contributed by atoms with Crippen molar-refractivity contribution in [3.63, 3.8) is 0 Å². The lowest BCUT2D eigenvalue weighted by Crippen LogP contribution is -2.37. The summed E-state index contributed by atoms with van der Waals surface area (Å²) >= 11 is 6.80. The number of anilines is 1. The molecule has 3 rings (SSSR count). The molecule has 0 aliphatic rings. The van der Waals surface area contributed by atoms with Crippen molar-refractivity contribution < 1.29 is 27.2 Å². The van der Waals surface area contributed by atoms with Crippen molar-refractivity contribution in [1.82, 2.24) is 4.90 Å². The number of nitrogens with zero attached hydrogens (tertiary/aromatic N) is 1. The molecule has 2 amide bonds.